The average molecular weight is 489 g/mol. The van der Waals surface area contributed by atoms with E-state index in [1.54, 1.807) is 5.57 Å². The van der Waals surface area contributed by atoms with Gasteiger partial charge in [-0.15, -0.1) is 0 Å². The molecule has 0 aliphatic heterocycles. The van der Waals surface area contributed by atoms with Crippen molar-refractivity contribution in [2.75, 3.05) is 0 Å². The maximum atomic E-state index is 13.3. The second-order valence-corrected chi connectivity index (χ2v) is 13.8. The minimum Gasteiger partial charge on any atom is -0.282 e. The van der Waals surface area contributed by atoms with Crippen molar-refractivity contribution in [1.29, 1.82) is 0 Å². The van der Waals surface area contributed by atoms with E-state index in [1.807, 2.05) is 0 Å². The Balaban J connectivity index is 1.69. The molecule has 34 heavy (non-hydrogen) atoms. The molecule has 0 spiro atoms. The molecule has 0 bridgehead atoms. The highest BCUT2D eigenvalue weighted by molar-refractivity contribution is 7.89. The fourth-order valence-corrected chi connectivity index (χ4v) is 9.93. The summed E-state index contributed by atoms with van der Waals surface area (Å²) in [4.78, 5) is 0.520. The van der Waals surface area contributed by atoms with E-state index in [0.717, 1.165) is 32.1 Å². The summed E-state index contributed by atoms with van der Waals surface area (Å²) in [6, 6.07) is 0. The molecular weight excluding hydrogens is 440 g/mol. The molecule has 0 aromatic rings. The summed E-state index contributed by atoms with van der Waals surface area (Å²) in [5.41, 5.74) is 4.34. The van der Waals surface area contributed by atoms with Crippen LogP contribution >= 0.6 is 0 Å². The lowest BCUT2D eigenvalue weighted by atomic mass is 9.62. The zero-order valence-electron chi connectivity index (χ0n) is 21.4. The zero-order valence-corrected chi connectivity index (χ0v) is 22.2. The minimum atomic E-state index is -4.20. The third-order valence-corrected chi connectivity index (χ3v) is 11.4. The molecule has 0 amide bonds. The summed E-state index contributed by atoms with van der Waals surface area (Å²) in [5, 5.41) is 0. The summed E-state index contributed by atoms with van der Waals surface area (Å²) < 4.78 is 37.4. The molecule has 1 N–H and O–H groups in total. The Bertz CT molecular complexity index is 859. The molecule has 1 atom stereocenters. The molecule has 1 unspecified atom stereocenters. The van der Waals surface area contributed by atoms with Crippen molar-refractivity contribution in [3.05, 3.63) is 21.6 Å². The predicted molar refractivity (Wildman–Crippen MR) is 140 cm³/mol. The molecule has 0 radical (unpaired) electrons. The van der Waals surface area contributed by atoms with Gasteiger partial charge in [-0.05, 0) is 92.6 Å². The Hall–Kier alpha value is -0.610. The maximum Gasteiger partial charge on any atom is 0.291 e. The van der Waals surface area contributed by atoms with Crippen molar-refractivity contribution in [3.63, 3.8) is 0 Å². The van der Waals surface area contributed by atoms with Gasteiger partial charge in [0.2, 0.25) is 0 Å². The van der Waals surface area contributed by atoms with Gasteiger partial charge in [0.05, 0.1) is 4.91 Å². The van der Waals surface area contributed by atoms with Crippen molar-refractivity contribution in [3.8, 4) is 0 Å². The Morgan fingerprint density at radius 1 is 0.529 bits per heavy atom. The zero-order chi connectivity index (χ0) is 23.5. The van der Waals surface area contributed by atoms with Crippen LogP contribution in [0.15, 0.2) is 21.6 Å². The van der Waals surface area contributed by atoms with E-state index in [2.05, 4.69) is 0 Å². The van der Waals surface area contributed by atoms with Gasteiger partial charge in [0.25, 0.3) is 10.1 Å². The molecule has 4 fully saturated rings. The molecule has 5 aliphatic carbocycles. The first-order valence-corrected chi connectivity index (χ1v) is 16.4. The van der Waals surface area contributed by atoms with Crippen molar-refractivity contribution < 1.29 is 13.0 Å². The molecule has 4 saturated carbocycles. The molecule has 0 aromatic heterocycles. The highest BCUT2D eigenvalue weighted by Crippen LogP contribution is 2.55. The van der Waals surface area contributed by atoms with E-state index in [4.69, 9.17) is 0 Å². The lowest BCUT2D eigenvalue weighted by Gasteiger charge is -2.44. The molecule has 5 aliphatic rings. The normalized spacial score (nSPS) is 30.2. The monoisotopic (exact) mass is 488 g/mol. The predicted octanol–water partition coefficient (Wildman–Crippen LogP) is 8.77. The van der Waals surface area contributed by atoms with Crippen LogP contribution in [0.3, 0.4) is 0 Å². The van der Waals surface area contributed by atoms with Gasteiger partial charge in [0.15, 0.2) is 0 Å². The number of hydrogen-bond donors (Lipinski definition) is 1. The van der Waals surface area contributed by atoms with Gasteiger partial charge in [-0.25, -0.2) is 0 Å². The first-order chi connectivity index (χ1) is 16.5. The van der Waals surface area contributed by atoms with Crippen LogP contribution in [-0.4, -0.2) is 13.0 Å². The maximum absolute atomic E-state index is 13.3. The quantitative estimate of drug-likeness (QED) is 0.393. The van der Waals surface area contributed by atoms with E-state index < -0.39 is 10.1 Å². The molecule has 4 heteroatoms. The molecule has 0 aromatic carbocycles. The summed E-state index contributed by atoms with van der Waals surface area (Å²) in [7, 11) is -4.20. The van der Waals surface area contributed by atoms with Gasteiger partial charge in [0, 0.05) is 5.92 Å². The highest BCUT2D eigenvalue weighted by atomic mass is 32.2. The van der Waals surface area contributed by atoms with Crippen molar-refractivity contribution in [2.24, 2.45) is 29.6 Å². The van der Waals surface area contributed by atoms with E-state index >= 15 is 0 Å². The van der Waals surface area contributed by atoms with Gasteiger partial charge < -0.3 is 0 Å². The Labute approximate surface area is 209 Å². The number of rotatable bonds is 5. The molecule has 3 nitrogen and oxygen atoms in total. The van der Waals surface area contributed by atoms with Crippen LogP contribution in [0.5, 0.6) is 0 Å². The highest BCUT2D eigenvalue weighted by Gasteiger charge is 2.44. The van der Waals surface area contributed by atoms with Crippen LogP contribution < -0.4 is 0 Å². The summed E-state index contributed by atoms with van der Waals surface area (Å²) in [6.45, 7) is 0. The minimum absolute atomic E-state index is 0.0245. The van der Waals surface area contributed by atoms with Gasteiger partial charge in [0.1, 0.15) is 0 Å². The Kier molecular flexibility index (Phi) is 8.25. The number of allylic oxidation sites excluding steroid dienone is 4. The van der Waals surface area contributed by atoms with Crippen LogP contribution in [0.1, 0.15) is 135 Å². The van der Waals surface area contributed by atoms with Gasteiger partial charge >= 0.3 is 0 Å². The van der Waals surface area contributed by atoms with Gasteiger partial charge in [-0.3, -0.25) is 4.55 Å². The smallest absolute Gasteiger partial charge is 0.282 e. The van der Waals surface area contributed by atoms with Crippen LogP contribution in [-0.2, 0) is 10.1 Å². The van der Waals surface area contributed by atoms with Crippen LogP contribution in [0, 0.1) is 29.6 Å². The molecule has 5 rings (SSSR count). The summed E-state index contributed by atoms with van der Waals surface area (Å²) in [5.74, 6) is 1.96. The third-order valence-electron chi connectivity index (χ3n) is 10.3. The third kappa shape index (κ3) is 5.38. The summed E-state index contributed by atoms with van der Waals surface area (Å²) in [6.07, 6.45) is 25.7. The Morgan fingerprint density at radius 3 is 1.41 bits per heavy atom. The average Bonchev–Trinajstić information content (AvgIpc) is 2.89. The molecule has 0 saturated heterocycles. The number of hydrogen-bond acceptors (Lipinski definition) is 2. The fourth-order valence-electron chi connectivity index (χ4n) is 8.72. The molecular formula is C30H48O3S. The SMILES string of the molecule is O=S(=O)(O)C1=C(C2CCCCC2)C(C2CCCCC2)=C(C2CCCCC2)CC1C1CCCCC1. The van der Waals surface area contributed by atoms with Crippen LogP contribution in [0.4, 0.5) is 0 Å². The van der Waals surface area contributed by atoms with Crippen molar-refractivity contribution in [1.82, 2.24) is 0 Å². The summed E-state index contributed by atoms with van der Waals surface area (Å²) >= 11 is 0. The van der Waals surface area contributed by atoms with Gasteiger partial charge in [-0.1, -0.05) is 82.6 Å². The van der Waals surface area contributed by atoms with Crippen LogP contribution in [0.2, 0.25) is 0 Å². The van der Waals surface area contributed by atoms with Crippen LogP contribution in [0.25, 0.3) is 0 Å². The largest absolute Gasteiger partial charge is 0.291 e. The first-order valence-electron chi connectivity index (χ1n) is 15.0. The second kappa shape index (κ2) is 11.2. The lowest BCUT2D eigenvalue weighted by Crippen LogP contribution is -2.34. The van der Waals surface area contributed by atoms with Crippen molar-refractivity contribution >= 4 is 10.1 Å². The topological polar surface area (TPSA) is 54.4 Å². The van der Waals surface area contributed by atoms with Gasteiger partial charge in [-0.2, -0.15) is 8.42 Å². The first kappa shape index (κ1) is 25.1. The van der Waals surface area contributed by atoms with Crippen molar-refractivity contribution in [2.45, 2.75) is 135 Å². The standard InChI is InChI=1S/C30H48O3S/c31-34(32,33)30-27(23-15-7-2-8-16-23)21-26(22-13-5-1-6-14-22)28(24-17-9-3-10-18-24)29(30)25-19-11-4-12-20-25/h22-25,27H,1-21H2,(H,31,32,33). The van der Waals surface area contributed by atoms with E-state index in [-0.39, 0.29) is 5.92 Å². The second-order valence-electron chi connectivity index (χ2n) is 12.4. The lowest BCUT2D eigenvalue weighted by molar-refractivity contribution is 0.256. The van der Waals surface area contributed by atoms with E-state index in [0.29, 0.717) is 28.6 Å². The fraction of sp³-hybridized carbons (Fsp3) is 0.867. The molecule has 0 heterocycles. The molecule has 192 valence electrons. The van der Waals surface area contributed by atoms with E-state index in [1.165, 1.54) is 114 Å². The Morgan fingerprint density at radius 2 is 0.941 bits per heavy atom. The van der Waals surface area contributed by atoms with E-state index in [9.17, 15) is 13.0 Å².